The van der Waals surface area contributed by atoms with Crippen LogP contribution in [0.5, 0.6) is 5.75 Å². The predicted octanol–water partition coefficient (Wildman–Crippen LogP) is 0.713. The van der Waals surface area contributed by atoms with Crippen LogP contribution in [0.4, 0.5) is 29.2 Å². The number of hydrogen-bond donors (Lipinski definition) is 8. The van der Waals surface area contributed by atoms with Crippen LogP contribution in [0.1, 0.15) is 18.4 Å². The molecule has 4 heterocycles. The van der Waals surface area contributed by atoms with E-state index in [0.717, 1.165) is 29.3 Å². The summed E-state index contributed by atoms with van der Waals surface area (Å²) in [5, 5.41) is 17.7. The van der Waals surface area contributed by atoms with Crippen molar-refractivity contribution in [1.82, 2.24) is 19.9 Å². The van der Waals surface area contributed by atoms with Gasteiger partial charge in [0, 0.05) is 79.2 Å². The molecule has 0 bridgehead atoms. The molecule has 0 radical (unpaired) electrons. The third-order valence-corrected chi connectivity index (χ3v) is 7.76. The lowest BCUT2D eigenvalue weighted by atomic mass is 10.0. The zero-order valence-electron chi connectivity index (χ0n) is 23.8. The number of H-pyrrole nitrogens is 1. The van der Waals surface area contributed by atoms with Gasteiger partial charge < -0.3 is 53.5 Å². The number of para-hydroxylation sites is 1. The van der Waals surface area contributed by atoms with Crippen LogP contribution in [0.25, 0.3) is 10.9 Å². The molecular weight excluding hydrogens is 548 g/mol. The smallest absolute Gasteiger partial charge is 0.233 e. The number of nitrogens with two attached hydrogens (primary N) is 4. The second-order valence-corrected chi connectivity index (χ2v) is 11.5. The Balaban J connectivity index is 1.21. The van der Waals surface area contributed by atoms with Gasteiger partial charge in [-0.1, -0.05) is 18.2 Å². The Bertz CT molecular complexity index is 1550. The number of anilines is 5. The lowest BCUT2D eigenvalue weighted by molar-refractivity contribution is -0.115. The van der Waals surface area contributed by atoms with Crippen LogP contribution in [0.2, 0.25) is 0 Å². The summed E-state index contributed by atoms with van der Waals surface area (Å²) in [4.78, 5) is 34.0. The largest absolute Gasteiger partial charge is 0.506 e. The topological polar surface area (TPSA) is 226 Å². The molecule has 0 spiro atoms. The number of phenolic OH excluding ortho intramolecular Hbond substituents is 1. The molecule has 12 N–H and O–H groups in total. The van der Waals surface area contributed by atoms with E-state index >= 15 is 0 Å². The van der Waals surface area contributed by atoms with Crippen LogP contribution in [-0.2, 0) is 11.2 Å². The molecule has 4 aromatic rings. The zero-order chi connectivity index (χ0) is 30.1. The van der Waals surface area contributed by atoms with Gasteiger partial charge in [0.1, 0.15) is 5.75 Å². The van der Waals surface area contributed by atoms with E-state index < -0.39 is 0 Å². The van der Waals surface area contributed by atoms with E-state index in [1.165, 1.54) is 6.07 Å². The molecule has 14 nitrogen and oxygen atoms in total. The van der Waals surface area contributed by atoms with Crippen molar-refractivity contribution in [3.63, 3.8) is 0 Å². The number of hydrogen-bond acceptors (Lipinski definition) is 12. The lowest BCUT2D eigenvalue weighted by Crippen LogP contribution is -2.54. The fourth-order valence-electron chi connectivity index (χ4n) is 5.87. The van der Waals surface area contributed by atoms with Crippen LogP contribution in [-0.4, -0.2) is 81.3 Å². The minimum atomic E-state index is -0.247. The van der Waals surface area contributed by atoms with Gasteiger partial charge in [0.25, 0.3) is 0 Å². The minimum absolute atomic E-state index is 0.104. The molecule has 226 valence electrons. The first kappa shape index (κ1) is 28.6. The number of aromatic hydroxyl groups is 1. The van der Waals surface area contributed by atoms with Gasteiger partial charge in [-0.25, -0.2) is 0 Å². The van der Waals surface area contributed by atoms with E-state index in [-0.39, 0.29) is 48.2 Å². The van der Waals surface area contributed by atoms with E-state index in [1.54, 1.807) is 12.1 Å². The number of nitrogens with one attached hydrogen (secondary N) is 3. The Kier molecular flexibility index (Phi) is 7.99. The molecule has 43 heavy (non-hydrogen) atoms. The molecule has 6 rings (SSSR count). The normalized spacial score (nSPS) is 22.5. The molecule has 2 saturated heterocycles. The summed E-state index contributed by atoms with van der Waals surface area (Å²) in [6.45, 7) is 2.24. The number of carbonyl (C=O) groups is 1. The summed E-state index contributed by atoms with van der Waals surface area (Å²) in [5.41, 5.74) is 27.6. The molecule has 4 atom stereocenters. The van der Waals surface area contributed by atoms with Gasteiger partial charge in [-0.2, -0.15) is 15.0 Å². The van der Waals surface area contributed by atoms with Crippen molar-refractivity contribution in [3.8, 4) is 5.75 Å². The third-order valence-electron chi connectivity index (χ3n) is 7.76. The molecular formula is C29H38N12O2. The number of rotatable bonds is 7. The summed E-state index contributed by atoms with van der Waals surface area (Å²) in [6, 6.07) is 12.2. The van der Waals surface area contributed by atoms with E-state index in [1.807, 2.05) is 40.3 Å². The number of carbonyl (C=O) groups excluding carboxylic acids is 1. The number of aromatic nitrogens is 4. The first-order valence-electron chi connectivity index (χ1n) is 14.4. The number of piperidine rings is 2. The number of aromatic amines is 1. The van der Waals surface area contributed by atoms with Crippen LogP contribution in [0, 0.1) is 0 Å². The van der Waals surface area contributed by atoms with Crippen molar-refractivity contribution in [1.29, 1.82) is 0 Å². The maximum Gasteiger partial charge on any atom is 0.233 e. The second-order valence-electron chi connectivity index (χ2n) is 11.5. The molecule has 2 aliphatic rings. The monoisotopic (exact) mass is 586 g/mol. The summed E-state index contributed by atoms with van der Waals surface area (Å²) >= 11 is 0. The molecule has 2 aromatic carbocycles. The number of fused-ring (bicyclic) bond motifs is 1. The highest BCUT2D eigenvalue weighted by Crippen LogP contribution is 2.30. The average molecular weight is 587 g/mol. The SMILES string of the molecule is N[C@@H]1C[C@H](N)CN(c2nc(Nc3ccc(NC(=O)Cc4c[nH]c5ccccc45)c(O)c3)nc(N3C[C@H](N)C[C@H](N)C3)n2)C1. The minimum Gasteiger partial charge on any atom is -0.506 e. The number of benzene rings is 2. The Morgan fingerprint density at radius 1 is 0.884 bits per heavy atom. The van der Waals surface area contributed by atoms with Crippen LogP contribution in [0.15, 0.2) is 48.7 Å². The molecule has 2 aromatic heterocycles. The average Bonchev–Trinajstić information content (AvgIpc) is 3.36. The van der Waals surface area contributed by atoms with Crippen LogP contribution >= 0.6 is 0 Å². The molecule has 1 amide bonds. The summed E-state index contributed by atoms with van der Waals surface area (Å²) in [5.74, 6) is 0.805. The standard InChI is InChI=1S/C29H38N12O2/c30-17-8-18(31)13-40(12-17)28-37-27(38-29(39-28)41-14-19(32)9-20(33)15-41)35-21-5-6-24(25(42)10-21)36-26(43)7-16-11-34-23-4-2-1-3-22(16)23/h1-6,10-11,17-20,34,42H,7-9,12-15,30-33H2,(H,36,43)(H,35,37,38,39)/t17-,18+,19-,20+. The quantitative estimate of drug-likeness (QED) is 0.140. The van der Waals surface area contributed by atoms with Crippen LogP contribution < -0.4 is 43.4 Å². The first-order valence-corrected chi connectivity index (χ1v) is 14.4. The first-order chi connectivity index (χ1) is 20.7. The third kappa shape index (κ3) is 6.62. The lowest BCUT2D eigenvalue weighted by Gasteiger charge is -2.37. The Morgan fingerprint density at radius 3 is 2.09 bits per heavy atom. The highest BCUT2D eigenvalue weighted by molar-refractivity contribution is 5.97. The highest BCUT2D eigenvalue weighted by atomic mass is 16.3. The highest BCUT2D eigenvalue weighted by Gasteiger charge is 2.29. The van der Waals surface area contributed by atoms with Gasteiger partial charge in [0.05, 0.1) is 12.1 Å². The maximum absolute atomic E-state index is 12.8. The van der Waals surface area contributed by atoms with E-state index in [4.69, 9.17) is 27.9 Å². The second kappa shape index (κ2) is 12.0. The van der Waals surface area contributed by atoms with Crippen molar-refractivity contribution in [2.24, 2.45) is 22.9 Å². The van der Waals surface area contributed by atoms with E-state index in [9.17, 15) is 9.90 Å². The molecule has 0 unspecified atom stereocenters. The number of nitrogens with zero attached hydrogens (tertiary/aromatic N) is 5. The fourth-order valence-corrected chi connectivity index (χ4v) is 5.87. The van der Waals surface area contributed by atoms with Gasteiger partial charge in [0.2, 0.25) is 23.8 Å². The Hall–Kier alpha value is -4.50. The van der Waals surface area contributed by atoms with Gasteiger partial charge >= 0.3 is 0 Å². The van der Waals surface area contributed by atoms with E-state index in [0.29, 0.717) is 49.5 Å². The van der Waals surface area contributed by atoms with E-state index in [2.05, 4.69) is 25.6 Å². The van der Waals surface area contributed by atoms with Crippen LogP contribution in [0.3, 0.4) is 0 Å². The van der Waals surface area contributed by atoms with Crippen molar-refractivity contribution in [2.75, 3.05) is 46.6 Å². The van der Waals surface area contributed by atoms with Crippen molar-refractivity contribution in [2.45, 2.75) is 43.4 Å². The summed E-state index contributed by atoms with van der Waals surface area (Å²) in [6.07, 6.45) is 3.43. The predicted molar refractivity (Wildman–Crippen MR) is 167 cm³/mol. The number of phenols is 1. The van der Waals surface area contributed by atoms with Gasteiger partial charge in [-0.3, -0.25) is 4.79 Å². The number of amides is 1. The van der Waals surface area contributed by atoms with Gasteiger partial charge in [-0.05, 0) is 36.6 Å². The van der Waals surface area contributed by atoms with Crippen molar-refractivity contribution < 1.29 is 9.90 Å². The Labute approximate surface area is 248 Å². The molecule has 14 heteroatoms. The molecule has 0 aliphatic carbocycles. The van der Waals surface area contributed by atoms with Crippen molar-refractivity contribution in [3.05, 3.63) is 54.2 Å². The van der Waals surface area contributed by atoms with Gasteiger partial charge in [-0.15, -0.1) is 0 Å². The van der Waals surface area contributed by atoms with Gasteiger partial charge in [0.15, 0.2) is 0 Å². The summed E-state index contributed by atoms with van der Waals surface area (Å²) in [7, 11) is 0. The Morgan fingerprint density at radius 2 is 1.49 bits per heavy atom. The van der Waals surface area contributed by atoms with Crippen molar-refractivity contribution >= 4 is 46.0 Å². The molecule has 2 aliphatic heterocycles. The maximum atomic E-state index is 12.8. The molecule has 0 saturated carbocycles. The fraction of sp³-hybridized carbons (Fsp3) is 0.379. The molecule has 2 fully saturated rings. The zero-order valence-corrected chi connectivity index (χ0v) is 23.8. The summed E-state index contributed by atoms with van der Waals surface area (Å²) < 4.78 is 0.